The Hall–Kier alpha value is -3.08. The van der Waals surface area contributed by atoms with Crippen LogP contribution in [0.5, 0.6) is 0 Å². The highest BCUT2D eigenvalue weighted by atomic mass is 16.2. The summed E-state index contributed by atoms with van der Waals surface area (Å²) in [6.45, 7) is 6.69. The van der Waals surface area contributed by atoms with Crippen molar-refractivity contribution in [2.45, 2.75) is 39.8 Å². The third-order valence-corrected chi connectivity index (χ3v) is 5.40. The number of hydrogen-bond donors (Lipinski definition) is 3. The van der Waals surface area contributed by atoms with Crippen LogP contribution in [0.3, 0.4) is 0 Å². The van der Waals surface area contributed by atoms with Crippen LogP contribution < -0.4 is 10.6 Å². The van der Waals surface area contributed by atoms with E-state index in [1.807, 2.05) is 18.2 Å². The van der Waals surface area contributed by atoms with Gasteiger partial charge in [0, 0.05) is 23.2 Å². The average molecular weight is 361 g/mol. The summed E-state index contributed by atoms with van der Waals surface area (Å²) < 4.78 is 0. The first kappa shape index (κ1) is 17.3. The van der Waals surface area contributed by atoms with Crippen LogP contribution in [0.2, 0.25) is 0 Å². The van der Waals surface area contributed by atoms with Crippen LogP contribution >= 0.6 is 0 Å². The fourth-order valence-electron chi connectivity index (χ4n) is 3.86. The van der Waals surface area contributed by atoms with E-state index < -0.39 is 0 Å². The number of fused-ring (bicyclic) bond motifs is 2. The van der Waals surface area contributed by atoms with Crippen molar-refractivity contribution in [1.29, 1.82) is 0 Å². The van der Waals surface area contributed by atoms with Crippen LogP contribution in [0.1, 0.15) is 50.8 Å². The highest BCUT2D eigenvalue weighted by Gasteiger charge is 2.29. The lowest BCUT2D eigenvalue weighted by Crippen LogP contribution is -2.28. The second kappa shape index (κ2) is 6.58. The minimum Gasteiger partial charge on any atom is -0.358 e. The fourth-order valence-corrected chi connectivity index (χ4v) is 3.86. The second-order valence-electron chi connectivity index (χ2n) is 7.32. The Morgan fingerprint density at radius 2 is 1.93 bits per heavy atom. The number of rotatable bonds is 4. The number of H-pyrrole nitrogens is 1. The Balaban J connectivity index is 1.49. The third kappa shape index (κ3) is 3.10. The molecular weight excluding hydrogens is 338 g/mol. The molecule has 0 spiro atoms. The highest BCUT2D eigenvalue weighted by Crippen LogP contribution is 2.28. The van der Waals surface area contributed by atoms with Crippen molar-refractivity contribution in [3.8, 4) is 0 Å². The lowest BCUT2D eigenvalue weighted by molar-refractivity contribution is -0.121. The smallest absolute Gasteiger partial charge is 0.252 e. The molecule has 0 saturated heterocycles. The maximum Gasteiger partial charge on any atom is 0.252 e. The van der Waals surface area contributed by atoms with Crippen LogP contribution in [0.25, 0.3) is 10.9 Å². The van der Waals surface area contributed by atoms with Gasteiger partial charge in [0.05, 0.1) is 18.0 Å². The number of aromatic nitrogens is 1. The number of carbonyl (C=O) groups excluding carboxylic acids is 2. The molecule has 1 unspecified atom stereocenters. The predicted octanol–water partition coefficient (Wildman–Crippen LogP) is 3.58. The molecule has 0 radical (unpaired) electrons. The Bertz CT molecular complexity index is 1060. The minimum absolute atomic E-state index is 0.0772. The molecule has 2 amide bonds. The van der Waals surface area contributed by atoms with E-state index in [-0.39, 0.29) is 24.3 Å². The van der Waals surface area contributed by atoms with Crippen molar-refractivity contribution in [1.82, 2.24) is 15.6 Å². The monoisotopic (exact) mass is 361 g/mol. The molecule has 0 aliphatic carbocycles. The SMILES string of the molecule is Cc1cc(CNC(=O)CC2NC(=O)c3ccccc32)c2[nH]c(C)c(C)c2c1. The maximum atomic E-state index is 12.5. The molecule has 27 heavy (non-hydrogen) atoms. The first-order valence-electron chi connectivity index (χ1n) is 9.19. The molecule has 2 aromatic carbocycles. The van der Waals surface area contributed by atoms with E-state index in [4.69, 9.17) is 0 Å². The first-order valence-corrected chi connectivity index (χ1v) is 9.19. The van der Waals surface area contributed by atoms with E-state index in [0.717, 1.165) is 22.3 Å². The van der Waals surface area contributed by atoms with Gasteiger partial charge in [0.25, 0.3) is 5.91 Å². The third-order valence-electron chi connectivity index (χ3n) is 5.40. The van der Waals surface area contributed by atoms with Gasteiger partial charge in [-0.3, -0.25) is 9.59 Å². The van der Waals surface area contributed by atoms with Gasteiger partial charge in [-0.05, 0) is 49.6 Å². The Morgan fingerprint density at radius 3 is 2.74 bits per heavy atom. The molecule has 3 N–H and O–H groups in total. The number of aryl methyl sites for hydroxylation is 3. The molecule has 3 aromatic rings. The zero-order valence-electron chi connectivity index (χ0n) is 15.8. The van der Waals surface area contributed by atoms with Gasteiger partial charge in [0.1, 0.15) is 0 Å². The summed E-state index contributed by atoms with van der Waals surface area (Å²) in [5.41, 5.74) is 7.27. The molecule has 1 aromatic heterocycles. The van der Waals surface area contributed by atoms with Gasteiger partial charge in [0.2, 0.25) is 5.91 Å². The molecule has 1 aliphatic rings. The van der Waals surface area contributed by atoms with Crippen LogP contribution in [-0.4, -0.2) is 16.8 Å². The minimum atomic E-state index is -0.263. The number of carbonyl (C=O) groups is 2. The lowest BCUT2D eigenvalue weighted by Gasteiger charge is -2.13. The lowest BCUT2D eigenvalue weighted by atomic mass is 10.0. The van der Waals surface area contributed by atoms with Crippen LogP contribution in [0, 0.1) is 20.8 Å². The molecular formula is C22H23N3O2. The summed E-state index contributed by atoms with van der Waals surface area (Å²) in [6.07, 6.45) is 0.237. The molecule has 138 valence electrons. The van der Waals surface area contributed by atoms with Crippen molar-refractivity contribution < 1.29 is 9.59 Å². The van der Waals surface area contributed by atoms with Gasteiger partial charge in [0.15, 0.2) is 0 Å². The molecule has 4 rings (SSSR count). The molecule has 5 heteroatoms. The Labute approximate surface area is 158 Å². The molecule has 1 aliphatic heterocycles. The van der Waals surface area contributed by atoms with Crippen LogP contribution in [0.4, 0.5) is 0 Å². The average Bonchev–Trinajstić information content (AvgIpc) is 3.11. The van der Waals surface area contributed by atoms with Gasteiger partial charge in [-0.2, -0.15) is 0 Å². The summed E-state index contributed by atoms with van der Waals surface area (Å²) in [7, 11) is 0. The largest absolute Gasteiger partial charge is 0.358 e. The van der Waals surface area contributed by atoms with Crippen LogP contribution in [0.15, 0.2) is 36.4 Å². The molecule has 1 atom stereocenters. The number of aromatic amines is 1. The second-order valence-corrected chi connectivity index (χ2v) is 7.32. The van der Waals surface area contributed by atoms with Gasteiger partial charge in [-0.1, -0.05) is 29.8 Å². The van der Waals surface area contributed by atoms with E-state index in [1.54, 1.807) is 6.07 Å². The number of amides is 2. The normalized spacial score (nSPS) is 15.7. The molecule has 5 nitrogen and oxygen atoms in total. The van der Waals surface area contributed by atoms with Gasteiger partial charge in [-0.25, -0.2) is 0 Å². The van der Waals surface area contributed by atoms with E-state index in [0.29, 0.717) is 12.1 Å². The van der Waals surface area contributed by atoms with E-state index >= 15 is 0 Å². The zero-order valence-corrected chi connectivity index (χ0v) is 15.8. The predicted molar refractivity (Wildman–Crippen MR) is 106 cm³/mol. The number of benzene rings is 2. The van der Waals surface area contributed by atoms with Crippen molar-refractivity contribution in [2.75, 3.05) is 0 Å². The van der Waals surface area contributed by atoms with Crippen molar-refractivity contribution in [2.24, 2.45) is 0 Å². The van der Waals surface area contributed by atoms with Gasteiger partial charge >= 0.3 is 0 Å². The summed E-state index contributed by atoms with van der Waals surface area (Å²) in [5, 5.41) is 7.10. The molecule has 0 saturated carbocycles. The van der Waals surface area contributed by atoms with Crippen molar-refractivity contribution >= 4 is 22.7 Å². The first-order chi connectivity index (χ1) is 12.9. The summed E-state index contributed by atoms with van der Waals surface area (Å²) in [6, 6.07) is 11.4. The zero-order chi connectivity index (χ0) is 19.1. The molecule has 0 fully saturated rings. The summed E-state index contributed by atoms with van der Waals surface area (Å²) in [5.74, 6) is -0.187. The molecule has 2 heterocycles. The fraction of sp³-hybridized carbons (Fsp3) is 0.273. The summed E-state index contributed by atoms with van der Waals surface area (Å²) >= 11 is 0. The van der Waals surface area contributed by atoms with E-state index in [1.165, 1.54) is 16.5 Å². The quantitative estimate of drug-likeness (QED) is 0.664. The summed E-state index contributed by atoms with van der Waals surface area (Å²) in [4.78, 5) is 27.9. The standard InChI is InChI=1S/C22H23N3O2/c1-12-8-15(21-18(9-12)13(2)14(3)24-21)11-23-20(26)10-19-16-6-4-5-7-17(16)22(27)25-19/h4-9,19,24H,10-11H2,1-3H3,(H,23,26)(H,25,27). The van der Waals surface area contributed by atoms with E-state index in [2.05, 4.69) is 48.5 Å². The van der Waals surface area contributed by atoms with Crippen molar-refractivity contribution in [3.05, 3.63) is 69.9 Å². The number of nitrogens with one attached hydrogen (secondary N) is 3. The highest BCUT2D eigenvalue weighted by molar-refractivity contribution is 5.99. The van der Waals surface area contributed by atoms with Gasteiger partial charge in [-0.15, -0.1) is 0 Å². The van der Waals surface area contributed by atoms with Crippen LogP contribution in [-0.2, 0) is 11.3 Å². The Morgan fingerprint density at radius 1 is 1.15 bits per heavy atom. The Kier molecular flexibility index (Phi) is 4.22. The van der Waals surface area contributed by atoms with Crippen molar-refractivity contribution in [3.63, 3.8) is 0 Å². The number of hydrogen-bond acceptors (Lipinski definition) is 2. The van der Waals surface area contributed by atoms with Gasteiger partial charge < -0.3 is 15.6 Å². The van der Waals surface area contributed by atoms with E-state index in [9.17, 15) is 9.59 Å². The maximum absolute atomic E-state index is 12.5. The molecule has 0 bridgehead atoms. The topological polar surface area (TPSA) is 74.0 Å².